The van der Waals surface area contributed by atoms with Crippen LogP contribution in [0.25, 0.3) is 0 Å². The van der Waals surface area contributed by atoms with E-state index in [2.05, 4.69) is 10.7 Å². The highest BCUT2D eigenvalue weighted by Crippen LogP contribution is 2.20. The monoisotopic (exact) mass is 168 g/mol. The zero-order chi connectivity index (χ0) is 8.97. The molecule has 0 aliphatic carbocycles. The van der Waals surface area contributed by atoms with Gasteiger partial charge in [0.25, 0.3) is 0 Å². The maximum absolute atomic E-state index is 12.7. The summed E-state index contributed by atoms with van der Waals surface area (Å²) in [6, 6.07) is 3.47. The van der Waals surface area contributed by atoms with Crippen molar-refractivity contribution in [2.75, 3.05) is 6.61 Å². The summed E-state index contributed by atoms with van der Waals surface area (Å²) in [7, 11) is 0. The molecule has 0 fully saturated rings. The summed E-state index contributed by atoms with van der Waals surface area (Å²) in [6.45, 7) is -0.141. The zero-order valence-corrected chi connectivity index (χ0v) is 6.18. The normalized spacial score (nSPS) is 9.08. The van der Waals surface area contributed by atoms with Crippen LogP contribution in [0.1, 0.15) is 0 Å². The highest BCUT2D eigenvalue weighted by atomic mass is 19.1. The van der Waals surface area contributed by atoms with E-state index in [1.165, 1.54) is 6.07 Å². The highest BCUT2D eigenvalue weighted by Gasteiger charge is 2.07. The van der Waals surface area contributed by atoms with E-state index < -0.39 is 17.4 Å². The third-order valence-corrected chi connectivity index (χ3v) is 1.22. The van der Waals surface area contributed by atoms with Gasteiger partial charge in [-0.25, -0.2) is 8.78 Å². The SMILES string of the molecule is C#CCOc1c(F)cccc1F. The van der Waals surface area contributed by atoms with Crippen LogP contribution in [0.4, 0.5) is 8.78 Å². The predicted octanol–water partition coefficient (Wildman–Crippen LogP) is 1.98. The summed E-state index contributed by atoms with van der Waals surface area (Å²) in [4.78, 5) is 0. The Morgan fingerprint density at radius 1 is 1.33 bits per heavy atom. The molecule has 1 aromatic rings. The van der Waals surface area contributed by atoms with E-state index in [1.807, 2.05) is 0 Å². The molecule has 1 aromatic carbocycles. The van der Waals surface area contributed by atoms with Gasteiger partial charge in [-0.05, 0) is 12.1 Å². The first-order chi connectivity index (χ1) is 5.75. The number of hydrogen-bond donors (Lipinski definition) is 0. The van der Waals surface area contributed by atoms with Gasteiger partial charge in [0.05, 0.1) is 0 Å². The predicted molar refractivity (Wildman–Crippen MR) is 40.7 cm³/mol. The molecular formula is C9H6F2O. The lowest BCUT2D eigenvalue weighted by atomic mass is 10.3. The van der Waals surface area contributed by atoms with E-state index in [0.717, 1.165) is 12.1 Å². The Labute approximate surface area is 69.0 Å². The average molecular weight is 168 g/mol. The lowest BCUT2D eigenvalue weighted by Crippen LogP contribution is -1.98. The summed E-state index contributed by atoms with van der Waals surface area (Å²) >= 11 is 0. The van der Waals surface area contributed by atoms with Crippen molar-refractivity contribution in [3.63, 3.8) is 0 Å². The molecule has 0 atom stereocenters. The number of ether oxygens (including phenoxy) is 1. The fourth-order valence-electron chi connectivity index (χ4n) is 0.734. The van der Waals surface area contributed by atoms with Crippen LogP contribution in [0.3, 0.4) is 0 Å². The van der Waals surface area contributed by atoms with Crippen LogP contribution in [0.15, 0.2) is 18.2 Å². The quantitative estimate of drug-likeness (QED) is 0.613. The van der Waals surface area contributed by atoms with Crippen molar-refractivity contribution >= 4 is 0 Å². The smallest absolute Gasteiger partial charge is 0.191 e. The standard InChI is InChI=1S/C9H6F2O/c1-2-6-12-9-7(10)4-3-5-8(9)11/h1,3-5H,6H2. The van der Waals surface area contributed by atoms with Crippen molar-refractivity contribution in [2.24, 2.45) is 0 Å². The van der Waals surface area contributed by atoms with E-state index >= 15 is 0 Å². The molecule has 0 amide bonds. The van der Waals surface area contributed by atoms with Gasteiger partial charge in [0.1, 0.15) is 6.61 Å². The molecule has 3 heteroatoms. The van der Waals surface area contributed by atoms with Gasteiger partial charge >= 0.3 is 0 Å². The number of hydrogen-bond acceptors (Lipinski definition) is 1. The number of halogens is 2. The molecule has 0 aliphatic heterocycles. The van der Waals surface area contributed by atoms with Gasteiger partial charge in [-0.3, -0.25) is 0 Å². The molecule has 0 saturated carbocycles. The fourth-order valence-corrected chi connectivity index (χ4v) is 0.734. The number of para-hydroxylation sites is 1. The summed E-state index contributed by atoms with van der Waals surface area (Å²) in [5.41, 5.74) is 0. The molecule has 12 heavy (non-hydrogen) atoms. The van der Waals surface area contributed by atoms with E-state index in [0.29, 0.717) is 0 Å². The third kappa shape index (κ3) is 1.73. The number of terminal acetylenes is 1. The highest BCUT2D eigenvalue weighted by molar-refractivity contribution is 5.26. The van der Waals surface area contributed by atoms with Crippen LogP contribution in [-0.2, 0) is 0 Å². The molecule has 0 heterocycles. The minimum Gasteiger partial charge on any atom is -0.475 e. The van der Waals surface area contributed by atoms with E-state index in [-0.39, 0.29) is 6.61 Å². The zero-order valence-electron chi connectivity index (χ0n) is 6.18. The lowest BCUT2D eigenvalue weighted by Gasteiger charge is -2.03. The molecule has 62 valence electrons. The van der Waals surface area contributed by atoms with Crippen LogP contribution < -0.4 is 4.74 Å². The van der Waals surface area contributed by atoms with Gasteiger partial charge in [-0.15, -0.1) is 6.42 Å². The van der Waals surface area contributed by atoms with E-state index in [1.54, 1.807) is 0 Å². The Morgan fingerprint density at radius 3 is 2.42 bits per heavy atom. The van der Waals surface area contributed by atoms with Crippen LogP contribution in [0.2, 0.25) is 0 Å². The second-order valence-corrected chi connectivity index (χ2v) is 2.04. The third-order valence-electron chi connectivity index (χ3n) is 1.22. The van der Waals surface area contributed by atoms with Crippen LogP contribution in [0, 0.1) is 24.0 Å². The Balaban J connectivity index is 2.90. The Morgan fingerprint density at radius 2 is 1.92 bits per heavy atom. The first kappa shape index (κ1) is 8.54. The molecule has 0 N–H and O–H groups in total. The van der Waals surface area contributed by atoms with Gasteiger partial charge in [-0.1, -0.05) is 12.0 Å². The van der Waals surface area contributed by atoms with Crippen molar-refractivity contribution in [2.45, 2.75) is 0 Å². The largest absolute Gasteiger partial charge is 0.475 e. The van der Waals surface area contributed by atoms with Gasteiger partial charge < -0.3 is 4.74 Å². The molecule has 0 aliphatic rings. The minimum absolute atomic E-state index is 0.141. The van der Waals surface area contributed by atoms with Crippen LogP contribution in [-0.4, -0.2) is 6.61 Å². The van der Waals surface area contributed by atoms with Crippen molar-refractivity contribution < 1.29 is 13.5 Å². The number of benzene rings is 1. The summed E-state index contributed by atoms with van der Waals surface area (Å²) in [6.07, 6.45) is 4.86. The van der Waals surface area contributed by atoms with Gasteiger partial charge in [-0.2, -0.15) is 0 Å². The fraction of sp³-hybridized carbons (Fsp3) is 0.111. The van der Waals surface area contributed by atoms with Crippen molar-refractivity contribution in [3.8, 4) is 18.1 Å². The summed E-state index contributed by atoms with van der Waals surface area (Å²) < 4.78 is 30.1. The Kier molecular flexibility index (Phi) is 2.65. The second kappa shape index (κ2) is 3.72. The van der Waals surface area contributed by atoms with Gasteiger partial charge in [0.2, 0.25) is 0 Å². The molecule has 0 saturated heterocycles. The van der Waals surface area contributed by atoms with Crippen molar-refractivity contribution in [3.05, 3.63) is 29.8 Å². The second-order valence-electron chi connectivity index (χ2n) is 2.04. The van der Waals surface area contributed by atoms with E-state index in [4.69, 9.17) is 6.42 Å². The molecular weight excluding hydrogens is 162 g/mol. The molecule has 1 nitrogen and oxygen atoms in total. The molecule has 1 rings (SSSR count). The molecule has 0 spiro atoms. The maximum Gasteiger partial charge on any atom is 0.191 e. The van der Waals surface area contributed by atoms with Crippen LogP contribution >= 0.6 is 0 Å². The van der Waals surface area contributed by atoms with Gasteiger partial charge in [0, 0.05) is 0 Å². The molecule has 0 bridgehead atoms. The number of rotatable bonds is 2. The molecule has 0 aromatic heterocycles. The maximum atomic E-state index is 12.7. The topological polar surface area (TPSA) is 9.23 Å². The Hall–Kier alpha value is -1.56. The van der Waals surface area contributed by atoms with Crippen molar-refractivity contribution in [1.82, 2.24) is 0 Å². The Bertz CT molecular complexity index is 295. The van der Waals surface area contributed by atoms with E-state index in [9.17, 15) is 8.78 Å². The van der Waals surface area contributed by atoms with Gasteiger partial charge in [0.15, 0.2) is 17.4 Å². The summed E-state index contributed by atoms with van der Waals surface area (Å²) in [5.74, 6) is 0.204. The molecule has 0 unspecified atom stereocenters. The first-order valence-electron chi connectivity index (χ1n) is 3.26. The lowest BCUT2D eigenvalue weighted by molar-refractivity contribution is 0.326. The van der Waals surface area contributed by atoms with Crippen molar-refractivity contribution in [1.29, 1.82) is 0 Å². The molecule has 0 radical (unpaired) electrons. The first-order valence-corrected chi connectivity index (χ1v) is 3.26. The summed E-state index contributed by atoms with van der Waals surface area (Å²) in [5, 5.41) is 0. The average Bonchev–Trinajstić information content (AvgIpc) is 2.04. The van der Waals surface area contributed by atoms with Crippen LogP contribution in [0.5, 0.6) is 5.75 Å². The minimum atomic E-state index is -0.745.